The quantitative estimate of drug-likeness (QED) is 0.867. The van der Waals surface area contributed by atoms with E-state index in [0.29, 0.717) is 6.54 Å². The molecule has 1 heterocycles. The van der Waals surface area contributed by atoms with E-state index in [1.165, 1.54) is 0 Å². The number of hydrogen-bond donors (Lipinski definition) is 2. The number of carbonyl (C=O) groups is 1. The molecule has 1 aromatic rings. The molecule has 20 heavy (non-hydrogen) atoms. The first-order chi connectivity index (χ1) is 9.68. The molecule has 1 amide bonds. The van der Waals surface area contributed by atoms with Crippen LogP contribution >= 0.6 is 0 Å². The molecule has 3 atom stereocenters. The molecule has 4 nitrogen and oxygen atoms in total. The highest BCUT2D eigenvalue weighted by Crippen LogP contribution is 2.33. The molecule has 3 unspecified atom stereocenters. The Balaban J connectivity index is 1.76. The minimum atomic E-state index is -0.373. The number of aliphatic hydroxyl groups is 1. The van der Waals surface area contributed by atoms with Crippen LogP contribution < -0.4 is 5.32 Å². The number of rotatable bonds is 2. The summed E-state index contributed by atoms with van der Waals surface area (Å²) in [5.74, 6) is -0.00118. The summed E-state index contributed by atoms with van der Waals surface area (Å²) in [5.41, 5.74) is 2.14. The van der Waals surface area contributed by atoms with E-state index in [0.717, 1.165) is 36.9 Å². The summed E-state index contributed by atoms with van der Waals surface area (Å²) in [6.07, 6.45) is 3.50. The van der Waals surface area contributed by atoms with Crippen molar-refractivity contribution >= 4 is 11.6 Å². The first kappa shape index (κ1) is 13.4. The zero-order valence-electron chi connectivity index (χ0n) is 11.9. The molecule has 0 aromatic heterocycles. The van der Waals surface area contributed by atoms with Crippen LogP contribution in [0.4, 0.5) is 5.69 Å². The Morgan fingerprint density at radius 3 is 2.85 bits per heavy atom. The number of anilines is 1. The van der Waals surface area contributed by atoms with E-state index < -0.39 is 0 Å². The molecule has 3 rings (SSSR count). The largest absolute Gasteiger partial charge is 0.391 e. The van der Waals surface area contributed by atoms with Gasteiger partial charge in [-0.2, -0.15) is 0 Å². The van der Waals surface area contributed by atoms with Crippen molar-refractivity contribution in [3.8, 4) is 0 Å². The van der Waals surface area contributed by atoms with Gasteiger partial charge in [0.2, 0.25) is 5.91 Å². The lowest BCUT2D eigenvalue weighted by Gasteiger charge is -2.36. The van der Waals surface area contributed by atoms with Crippen LogP contribution in [0.5, 0.6) is 0 Å². The van der Waals surface area contributed by atoms with Gasteiger partial charge in [0.25, 0.3) is 0 Å². The maximum absolute atomic E-state index is 12.7. The lowest BCUT2D eigenvalue weighted by atomic mass is 9.90. The minimum Gasteiger partial charge on any atom is -0.391 e. The Kier molecular flexibility index (Phi) is 3.66. The van der Waals surface area contributed by atoms with Crippen molar-refractivity contribution in [1.29, 1.82) is 0 Å². The number of carbonyl (C=O) groups excluding carboxylic acids is 1. The molecule has 0 radical (unpaired) electrons. The zero-order valence-corrected chi connectivity index (χ0v) is 11.9. The predicted octanol–water partition coefficient (Wildman–Crippen LogP) is 1.96. The summed E-state index contributed by atoms with van der Waals surface area (Å²) >= 11 is 0. The van der Waals surface area contributed by atoms with Gasteiger partial charge in [-0.25, -0.2) is 0 Å². The molecular weight excluding hydrogens is 252 g/mol. The normalized spacial score (nSPS) is 28.6. The molecule has 1 saturated carbocycles. The highest BCUT2D eigenvalue weighted by molar-refractivity contribution is 5.88. The molecule has 0 spiro atoms. The lowest BCUT2D eigenvalue weighted by molar-refractivity contribution is -0.136. The SMILES string of the molecule is CN(C(=O)C1CNc2ccccc21)C1CCCCC1O. The van der Waals surface area contributed by atoms with Crippen LogP contribution in [0.1, 0.15) is 37.2 Å². The molecule has 0 bridgehead atoms. The molecular formula is C16H22N2O2. The number of aliphatic hydroxyl groups excluding tert-OH is 1. The predicted molar refractivity (Wildman–Crippen MR) is 78.7 cm³/mol. The number of fused-ring (bicyclic) bond motifs is 1. The average molecular weight is 274 g/mol. The molecule has 1 aliphatic heterocycles. The molecule has 1 aliphatic carbocycles. The van der Waals surface area contributed by atoms with Gasteiger partial charge >= 0.3 is 0 Å². The van der Waals surface area contributed by atoms with Crippen LogP contribution in [-0.2, 0) is 4.79 Å². The highest BCUT2D eigenvalue weighted by atomic mass is 16.3. The van der Waals surface area contributed by atoms with Gasteiger partial charge in [0.15, 0.2) is 0 Å². The number of amides is 1. The van der Waals surface area contributed by atoms with Gasteiger partial charge in [-0.05, 0) is 24.5 Å². The molecule has 1 aromatic carbocycles. The van der Waals surface area contributed by atoms with Gasteiger partial charge in [-0.3, -0.25) is 4.79 Å². The molecule has 1 fully saturated rings. The number of hydrogen-bond acceptors (Lipinski definition) is 3. The smallest absolute Gasteiger partial charge is 0.232 e. The van der Waals surface area contributed by atoms with Crippen LogP contribution in [-0.4, -0.2) is 41.7 Å². The zero-order chi connectivity index (χ0) is 14.1. The van der Waals surface area contributed by atoms with Crippen molar-refractivity contribution in [2.75, 3.05) is 18.9 Å². The summed E-state index contributed by atoms with van der Waals surface area (Å²) in [4.78, 5) is 14.5. The van der Waals surface area contributed by atoms with Crippen LogP contribution in [0.25, 0.3) is 0 Å². The Hall–Kier alpha value is -1.55. The van der Waals surface area contributed by atoms with E-state index in [9.17, 15) is 9.90 Å². The van der Waals surface area contributed by atoms with Crippen molar-refractivity contribution in [2.24, 2.45) is 0 Å². The third-order valence-corrected chi connectivity index (χ3v) is 4.67. The Labute approximate surface area is 119 Å². The second kappa shape index (κ2) is 5.44. The summed E-state index contributed by atoms with van der Waals surface area (Å²) in [5, 5.41) is 13.4. The molecule has 2 aliphatic rings. The summed E-state index contributed by atoms with van der Waals surface area (Å²) in [6, 6.07) is 7.96. The van der Waals surface area contributed by atoms with E-state index in [-0.39, 0.29) is 24.0 Å². The number of likely N-dealkylation sites (N-methyl/N-ethyl adjacent to an activating group) is 1. The van der Waals surface area contributed by atoms with E-state index in [4.69, 9.17) is 0 Å². The number of para-hydroxylation sites is 1. The Morgan fingerprint density at radius 1 is 1.30 bits per heavy atom. The van der Waals surface area contributed by atoms with Gasteiger partial charge < -0.3 is 15.3 Å². The maximum Gasteiger partial charge on any atom is 0.232 e. The Bertz CT molecular complexity index is 503. The molecule has 0 saturated heterocycles. The Morgan fingerprint density at radius 2 is 2.05 bits per heavy atom. The van der Waals surface area contributed by atoms with Crippen LogP contribution in [0, 0.1) is 0 Å². The second-order valence-electron chi connectivity index (χ2n) is 5.89. The van der Waals surface area contributed by atoms with Crippen molar-refractivity contribution in [3.63, 3.8) is 0 Å². The van der Waals surface area contributed by atoms with Gasteiger partial charge in [0, 0.05) is 19.3 Å². The fourth-order valence-electron chi connectivity index (χ4n) is 3.46. The fourth-order valence-corrected chi connectivity index (χ4v) is 3.46. The van der Waals surface area contributed by atoms with Crippen molar-refractivity contribution in [1.82, 2.24) is 4.90 Å². The number of nitrogens with one attached hydrogen (secondary N) is 1. The summed E-state index contributed by atoms with van der Waals surface area (Å²) in [6.45, 7) is 0.658. The highest BCUT2D eigenvalue weighted by Gasteiger charge is 2.35. The van der Waals surface area contributed by atoms with E-state index in [2.05, 4.69) is 5.32 Å². The third-order valence-electron chi connectivity index (χ3n) is 4.67. The fraction of sp³-hybridized carbons (Fsp3) is 0.562. The van der Waals surface area contributed by atoms with Gasteiger partial charge in [-0.1, -0.05) is 31.0 Å². The van der Waals surface area contributed by atoms with Crippen LogP contribution in [0.15, 0.2) is 24.3 Å². The topological polar surface area (TPSA) is 52.6 Å². The first-order valence-corrected chi connectivity index (χ1v) is 7.46. The van der Waals surface area contributed by atoms with E-state index in [1.807, 2.05) is 31.3 Å². The average Bonchev–Trinajstić information content (AvgIpc) is 2.90. The van der Waals surface area contributed by atoms with Gasteiger partial charge in [0.05, 0.1) is 18.1 Å². The van der Waals surface area contributed by atoms with Crippen molar-refractivity contribution in [2.45, 2.75) is 43.7 Å². The van der Waals surface area contributed by atoms with E-state index >= 15 is 0 Å². The molecule has 108 valence electrons. The molecule has 2 N–H and O–H groups in total. The summed E-state index contributed by atoms with van der Waals surface area (Å²) < 4.78 is 0. The maximum atomic E-state index is 12.7. The minimum absolute atomic E-state index is 0.0241. The second-order valence-corrected chi connectivity index (χ2v) is 5.89. The monoisotopic (exact) mass is 274 g/mol. The molecule has 4 heteroatoms. The standard InChI is InChI=1S/C16H22N2O2/c1-18(14-8-4-5-9-15(14)19)16(20)12-10-17-13-7-3-2-6-11(12)13/h2-3,6-7,12,14-15,17,19H,4-5,8-10H2,1H3. The van der Waals surface area contributed by atoms with Crippen LogP contribution in [0.3, 0.4) is 0 Å². The summed E-state index contributed by atoms with van der Waals surface area (Å²) in [7, 11) is 1.84. The van der Waals surface area contributed by atoms with Gasteiger partial charge in [-0.15, -0.1) is 0 Å². The van der Waals surface area contributed by atoms with Crippen molar-refractivity contribution in [3.05, 3.63) is 29.8 Å². The van der Waals surface area contributed by atoms with Crippen molar-refractivity contribution < 1.29 is 9.90 Å². The first-order valence-electron chi connectivity index (χ1n) is 7.46. The van der Waals surface area contributed by atoms with Crippen LogP contribution in [0.2, 0.25) is 0 Å². The van der Waals surface area contributed by atoms with Gasteiger partial charge in [0.1, 0.15) is 0 Å². The third kappa shape index (κ3) is 2.29. The number of benzene rings is 1. The lowest BCUT2D eigenvalue weighted by Crippen LogP contribution is -2.48. The van der Waals surface area contributed by atoms with E-state index in [1.54, 1.807) is 4.90 Å². The number of nitrogens with zero attached hydrogens (tertiary/aromatic N) is 1.